The minimum absolute atomic E-state index is 0.0191. The molecule has 0 bridgehead atoms. The van der Waals surface area contributed by atoms with Gasteiger partial charge in [-0.25, -0.2) is 9.18 Å². The summed E-state index contributed by atoms with van der Waals surface area (Å²) in [6.07, 6.45) is 0. The number of ether oxygens (including phenoxy) is 1. The number of carbonyl (C=O) groups is 2. The maximum atomic E-state index is 14.7. The van der Waals surface area contributed by atoms with E-state index in [2.05, 4.69) is 16.7 Å². The summed E-state index contributed by atoms with van der Waals surface area (Å²) in [5.41, 5.74) is 3.80. The van der Waals surface area contributed by atoms with Crippen LogP contribution in [0.15, 0.2) is 64.3 Å². The summed E-state index contributed by atoms with van der Waals surface area (Å²) in [5.74, 6) is -2.38. The number of esters is 1. The number of benzene rings is 2. The second kappa shape index (κ2) is 10.4. The molecule has 0 aromatic heterocycles. The number of thioether (sulfide) groups is 1. The molecule has 8 heteroatoms. The largest absolute Gasteiger partial charge is 0.466 e. The Morgan fingerprint density at radius 1 is 1.18 bits per heavy atom. The third-order valence-electron chi connectivity index (χ3n) is 5.41. The number of allylic oxidation sites excluding steroid dienone is 2. The van der Waals surface area contributed by atoms with Crippen LogP contribution in [-0.4, -0.2) is 24.7 Å². The zero-order valence-electron chi connectivity index (χ0n) is 18.8. The Hall–Kier alpha value is -3.57. The number of hydrogen-bond donors (Lipinski definition) is 2. The first-order valence-electron chi connectivity index (χ1n) is 10.2. The van der Waals surface area contributed by atoms with Crippen LogP contribution in [0.1, 0.15) is 29.5 Å². The molecule has 1 unspecified atom stereocenters. The highest BCUT2D eigenvalue weighted by atomic mass is 32.2. The number of methoxy groups -OCH3 is 1. The molecule has 170 valence electrons. The lowest BCUT2D eigenvalue weighted by Crippen LogP contribution is -2.29. The van der Waals surface area contributed by atoms with Gasteiger partial charge < -0.3 is 15.4 Å². The molecule has 33 heavy (non-hydrogen) atoms. The van der Waals surface area contributed by atoms with Gasteiger partial charge in [0.1, 0.15) is 5.82 Å². The smallest absolute Gasteiger partial charge is 0.336 e. The molecule has 0 saturated carbocycles. The lowest BCUT2D eigenvalue weighted by atomic mass is 9.82. The first kappa shape index (κ1) is 24.1. The standard InChI is InChI=1S/C25H24FN3O3S/c1-14-9-10-17(11-15(14)2)29-21(30)13-33-24-19(12-27)23(18-7-5-6-8-20(18)26)22(16(3)28-24)25(31)32-4/h5-11,23,28H,13H2,1-4H3,(H,29,30). The summed E-state index contributed by atoms with van der Waals surface area (Å²) in [6, 6.07) is 13.7. The van der Waals surface area contributed by atoms with Crippen LogP contribution >= 0.6 is 11.8 Å². The van der Waals surface area contributed by atoms with Crippen LogP contribution in [0.2, 0.25) is 0 Å². The number of anilines is 1. The van der Waals surface area contributed by atoms with Crippen molar-refractivity contribution in [3.8, 4) is 6.07 Å². The second-order valence-electron chi connectivity index (χ2n) is 7.60. The SMILES string of the molecule is COC(=O)C1=C(C)NC(SCC(=O)Nc2ccc(C)c(C)c2)=C(C#N)C1c1ccccc1F. The van der Waals surface area contributed by atoms with Crippen molar-refractivity contribution in [1.82, 2.24) is 5.32 Å². The number of nitrogens with zero attached hydrogens (tertiary/aromatic N) is 1. The maximum Gasteiger partial charge on any atom is 0.336 e. The van der Waals surface area contributed by atoms with E-state index in [1.807, 2.05) is 32.0 Å². The molecule has 1 atom stereocenters. The van der Waals surface area contributed by atoms with Crippen molar-refractivity contribution in [3.63, 3.8) is 0 Å². The first-order chi connectivity index (χ1) is 15.8. The molecule has 0 saturated heterocycles. The number of halogens is 1. The number of carbonyl (C=O) groups excluding carboxylic acids is 2. The molecule has 1 heterocycles. The second-order valence-corrected chi connectivity index (χ2v) is 8.59. The molecular weight excluding hydrogens is 441 g/mol. The van der Waals surface area contributed by atoms with Gasteiger partial charge in [0.05, 0.1) is 41.0 Å². The third-order valence-corrected chi connectivity index (χ3v) is 6.42. The van der Waals surface area contributed by atoms with E-state index >= 15 is 0 Å². The number of nitrogens with one attached hydrogen (secondary N) is 2. The van der Waals surface area contributed by atoms with Crippen molar-refractivity contribution in [2.24, 2.45) is 0 Å². The maximum absolute atomic E-state index is 14.7. The fraction of sp³-hybridized carbons (Fsp3) is 0.240. The summed E-state index contributed by atoms with van der Waals surface area (Å²) in [6.45, 7) is 5.61. The number of dihydropyridines is 1. The topological polar surface area (TPSA) is 91.2 Å². The van der Waals surface area contributed by atoms with Gasteiger partial charge in [0.15, 0.2) is 0 Å². The molecule has 2 aromatic rings. The first-order valence-corrected chi connectivity index (χ1v) is 11.2. The Labute approximate surface area is 196 Å². The van der Waals surface area contributed by atoms with E-state index in [4.69, 9.17) is 4.74 Å². The number of amides is 1. The molecule has 0 spiro atoms. The predicted octanol–water partition coefficient (Wildman–Crippen LogP) is 4.68. The van der Waals surface area contributed by atoms with Crippen LogP contribution in [0.3, 0.4) is 0 Å². The van der Waals surface area contributed by atoms with Crippen molar-refractivity contribution < 1.29 is 18.7 Å². The van der Waals surface area contributed by atoms with Gasteiger partial charge in [0.2, 0.25) is 5.91 Å². The molecule has 3 rings (SSSR count). The van der Waals surface area contributed by atoms with E-state index in [1.54, 1.807) is 13.0 Å². The molecule has 1 aliphatic heterocycles. The fourth-order valence-corrected chi connectivity index (χ4v) is 4.47. The van der Waals surface area contributed by atoms with Crippen molar-refractivity contribution in [2.45, 2.75) is 26.7 Å². The van der Waals surface area contributed by atoms with Crippen LogP contribution in [0.25, 0.3) is 0 Å². The Balaban J connectivity index is 1.89. The van der Waals surface area contributed by atoms with Crippen LogP contribution in [0.5, 0.6) is 0 Å². The zero-order chi connectivity index (χ0) is 24.1. The summed E-state index contributed by atoms with van der Waals surface area (Å²) in [7, 11) is 1.23. The molecule has 0 radical (unpaired) electrons. The van der Waals surface area contributed by atoms with Crippen LogP contribution < -0.4 is 10.6 Å². The Kier molecular flexibility index (Phi) is 7.56. The molecular formula is C25H24FN3O3S. The van der Waals surface area contributed by atoms with Gasteiger partial charge in [-0.15, -0.1) is 0 Å². The van der Waals surface area contributed by atoms with Crippen LogP contribution in [0.4, 0.5) is 10.1 Å². The molecule has 6 nitrogen and oxygen atoms in total. The van der Waals surface area contributed by atoms with Crippen LogP contribution in [0, 0.1) is 31.0 Å². The van der Waals surface area contributed by atoms with E-state index < -0.39 is 17.7 Å². The molecule has 0 fully saturated rings. The third kappa shape index (κ3) is 5.26. The highest BCUT2D eigenvalue weighted by molar-refractivity contribution is 8.03. The summed E-state index contributed by atoms with van der Waals surface area (Å²) in [4.78, 5) is 25.1. The summed E-state index contributed by atoms with van der Waals surface area (Å²) < 4.78 is 19.6. The monoisotopic (exact) mass is 465 g/mol. The molecule has 2 N–H and O–H groups in total. The number of aryl methyl sites for hydroxylation is 2. The van der Waals surface area contributed by atoms with Crippen molar-refractivity contribution >= 4 is 29.3 Å². The van der Waals surface area contributed by atoms with Gasteiger partial charge in [0.25, 0.3) is 0 Å². The Morgan fingerprint density at radius 2 is 1.91 bits per heavy atom. The number of nitriles is 1. The number of rotatable bonds is 6. The normalized spacial score (nSPS) is 15.6. The summed E-state index contributed by atoms with van der Waals surface area (Å²) in [5, 5.41) is 16.2. The fourth-order valence-electron chi connectivity index (χ4n) is 3.58. The molecule has 2 aromatic carbocycles. The lowest BCUT2D eigenvalue weighted by molar-refractivity contribution is -0.136. The van der Waals surface area contributed by atoms with E-state index in [9.17, 15) is 19.2 Å². The van der Waals surface area contributed by atoms with E-state index in [1.165, 1.54) is 25.3 Å². The number of hydrogen-bond acceptors (Lipinski definition) is 6. The highest BCUT2D eigenvalue weighted by Crippen LogP contribution is 2.41. The van der Waals surface area contributed by atoms with Gasteiger partial charge >= 0.3 is 5.97 Å². The molecule has 0 aliphatic carbocycles. The van der Waals surface area contributed by atoms with Crippen molar-refractivity contribution in [3.05, 3.63) is 86.8 Å². The predicted molar refractivity (Wildman–Crippen MR) is 127 cm³/mol. The average Bonchev–Trinajstić information content (AvgIpc) is 2.79. The van der Waals surface area contributed by atoms with Gasteiger partial charge in [-0.3, -0.25) is 4.79 Å². The van der Waals surface area contributed by atoms with Gasteiger partial charge in [-0.1, -0.05) is 36.0 Å². The quantitative estimate of drug-likeness (QED) is 0.602. The minimum atomic E-state index is -0.949. The van der Waals surface area contributed by atoms with Crippen molar-refractivity contribution in [2.75, 3.05) is 18.2 Å². The van der Waals surface area contributed by atoms with Crippen molar-refractivity contribution in [1.29, 1.82) is 5.26 Å². The average molecular weight is 466 g/mol. The van der Waals surface area contributed by atoms with E-state index in [0.717, 1.165) is 22.9 Å². The lowest BCUT2D eigenvalue weighted by Gasteiger charge is -2.29. The van der Waals surface area contributed by atoms with Crippen LogP contribution in [-0.2, 0) is 14.3 Å². The molecule has 1 amide bonds. The van der Waals surface area contributed by atoms with E-state index in [0.29, 0.717) is 16.4 Å². The zero-order valence-corrected chi connectivity index (χ0v) is 19.6. The van der Waals surface area contributed by atoms with Gasteiger partial charge in [-0.2, -0.15) is 5.26 Å². The van der Waals surface area contributed by atoms with E-state index in [-0.39, 0.29) is 28.4 Å². The molecule has 1 aliphatic rings. The highest BCUT2D eigenvalue weighted by Gasteiger charge is 2.36. The summed E-state index contributed by atoms with van der Waals surface area (Å²) >= 11 is 1.12. The van der Waals surface area contributed by atoms with Gasteiger partial charge in [-0.05, 0) is 50.1 Å². The Morgan fingerprint density at radius 3 is 2.55 bits per heavy atom. The minimum Gasteiger partial charge on any atom is -0.466 e. The van der Waals surface area contributed by atoms with Gasteiger partial charge in [0, 0.05) is 16.9 Å². The Bertz CT molecular complexity index is 1210.